The predicted octanol–water partition coefficient (Wildman–Crippen LogP) is 12.5. The maximum atomic E-state index is 8.72. The van der Waals surface area contributed by atoms with E-state index < -0.39 is 0 Å². The van der Waals surface area contributed by atoms with Crippen LogP contribution in [0.15, 0.2) is 133 Å². The van der Waals surface area contributed by atoms with Gasteiger partial charge < -0.3 is 0 Å². The lowest BCUT2D eigenvalue weighted by Crippen LogP contribution is -2.18. The zero-order chi connectivity index (χ0) is 35.3. The van der Waals surface area contributed by atoms with Crippen LogP contribution in [0, 0.1) is 0 Å². The largest absolute Gasteiger partial charge is 0.0629 e. The van der Waals surface area contributed by atoms with E-state index in [1.807, 2.05) is 18.2 Å². The Morgan fingerprint density at radius 3 is 1.63 bits per heavy atom. The molecule has 0 radical (unpaired) electrons. The van der Waals surface area contributed by atoms with Gasteiger partial charge in [0, 0.05) is 10.8 Å². The molecule has 0 saturated heterocycles. The maximum absolute atomic E-state index is 8.72. The van der Waals surface area contributed by atoms with Crippen molar-refractivity contribution in [3.05, 3.63) is 156 Å². The number of benzene rings is 8. The van der Waals surface area contributed by atoms with E-state index in [0.29, 0.717) is 5.56 Å². The van der Waals surface area contributed by atoms with Gasteiger partial charge in [-0.25, -0.2) is 0 Å². The summed E-state index contributed by atoms with van der Waals surface area (Å²) in [4.78, 5) is 0. The number of hydrogen-bond acceptors (Lipinski definition) is 0. The van der Waals surface area contributed by atoms with Gasteiger partial charge in [-0.1, -0.05) is 149 Å². The SMILES string of the molecule is [2H]c1c([2H])c([2H])c(-c2ccc3ccc4c(-c5ccc6c(c5)-c5cc7c(cc5C6(C)C)C(C)(C)c5ccccc5-7)ccc5ccc2c3c54)c([2H])c1[2H]. The van der Waals surface area contributed by atoms with Gasteiger partial charge in [0.05, 0.1) is 6.85 Å². The first-order valence-corrected chi connectivity index (χ1v) is 16.1. The lowest BCUT2D eigenvalue weighted by molar-refractivity contribution is 0.639. The molecule has 0 N–H and O–H groups in total. The van der Waals surface area contributed by atoms with Crippen LogP contribution in [-0.2, 0) is 10.8 Å². The van der Waals surface area contributed by atoms with Gasteiger partial charge >= 0.3 is 0 Å². The molecule has 10 rings (SSSR count). The second kappa shape index (κ2) is 8.74. The van der Waals surface area contributed by atoms with Gasteiger partial charge in [0.15, 0.2) is 0 Å². The molecule has 46 heavy (non-hydrogen) atoms. The van der Waals surface area contributed by atoms with E-state index >= 15 is 0 Å². The van der Waals surface area contributed by atoms with Gasteiger partial charge in [-0.15, -0.1) is 0 Å². The average molecular weight is 592 g/mol. The van der Waals surface area contributed by atoms with Crippen molar-refractivity contribution in [3.63, 3.8) is 0 Å². The fraction of sp³-hybridized carbons (Fsp3) is 0.130. The van der Waals surface area contributed by atoms with E-state index in [1.165, 1.54) is 44.5 Å². The predicted molar refractivity (Wildman–Crippen MR) is 196 cm³/mol. The molecule has 0 heterocycles. The number of rotatable bonds is 2. The highest BCUT2D eigenvalue weighted by atomic mass is 14.4. The first kappa shape index (κ1) is 21.5. The van der Waals surface area contributed by atoms with Crippen LogP contribution in [0.1, 0.15) is 56.8 Å². The highest BCUT2D eigenvalue weighted by Gasteiger charge is 2.41. The Kier molecular flexibility index (Phi) is 4.09. The highest BCUT2D eigenvalue weighted by Crippen LogP contribution is 2.56. The molecule has 8 aromatic carbocycles. The van der Waals surface area contributed by atoms with E-state index in [1.54, 1.807) is 0 Å². The van der Waals surface area contributed by atoms with Gasteiger partial charge in [-0.3, -0.25) is 0 Å². The zero-order valence-electron chi connectivity index (χ0n) is 31.3. The lowest BCUT2D eigenvalue weighted by Gasteiger charge is -2.25. The van der Waals surface area contributed by atoms with Crippen molar-refractivity contribution < 1.29 is 6.85 Å². The average Bonchev–Trinajstić information content (AvgIpc) is 3.50. The van der Waals surface area contributed by atoms with Crippen LogP contribution < -0.4 is 0 Å². The third-order valence-electron chi connectivity index (χ3n) is 11.1. The van der Waals surface area contributed by atoms with Crippen molar-refractivity contribution in [2.75, 3.05) is 0 Å². The molecule has 0 fully saturated rings. The molecule has 0 bridgehead atoms. The van der Waals surface area contributed by atoms with E-state index in [-0.39, 0.29) is 46.6 Å². The molecule has 2 aliphatic rings. The molecule has 2 aliphatic carbocycles. The Bertz CT molecular complexity index is 2830. The molecule has 8 aromatic rings. The van der Waals surface area contributed by atoms with Gasteiger partial charge in [-0.2, -0.15) is 0 Å². The monoisotopic (exact) mass is 591 g/mol. The lowest BCUT2D eigenvalue weighted by atomic mass is 9.77. The van der Waals surface area contributed by atoms with Crippen LogP contribution in [0.3, 0.4) is 0 Å². The summed E-state index contributed by atoms with van der Waals surface area (Å²) in [5, 5.41) is 6.33. The molecule has 0 nitrogen and oxygen atoms in total. The molecule has 0 atom stereocenters. The topological polar surface area (TPSA) is 0 Å². The van der Waals surface area contributed by atoms with Crippen molar-refractivity contribution in [3.8, 4) is 44.5 Å². The summed E-state index contributed by atoms with van der Waals surface area (Å²) in [5.41, 5.74) is 13.8. The van der Waals surface area contributed by atoms with Crippen LogP contribution in [0.5, 0.6) is 0 Å². The summed E-state index contributed by atoms with van der Waals surface area (Å²) in [5.74, 6) is 0. The molecule has 218 valence electrons. The quantitative estimate of drug-likeness (QED) is 0.175. The maximum Gasteiger partial charge on any atom is 0.0629 e. The molecule has 0 spiro atoms. The van der Waals surface area contributed by atoms with Crippen molar-refractivity contribution >= 4 is 32.3 Å². The Hall–Kier alpha value is -5.20. The van der Waals surface area contributed by atoms with Gasteiger partial charge in [0.2, 0.25) is 0 Å². The van der Waals surface area contributed by atoms with Crippen molar-refractivity contribution in [2.45, 2.75) is 38.5 Å². The molecule has 0 aromatic heterocycles. The Morgan fingerprint density at radius 2 is 0.957 bits per heavy atom. The normalized spacial score (nSPS) is 16.8. The Labute approximate surface area is 277 Å². The van der Waals surface area contributed by atoms with Gasteiger partial charge in [0.25, 0.3) is 0 Å². The second-order valence-corrected chi connectivity index (χ2v) is 14.1. The van der Waals surface area contributed by atoms with Crippen molar-refractivity contribution in [1.82, 2.24) is 0 Å². The van der Waals surface area contributed by atoms with Crippen LogP contribution in [0.2, 0.25) is 0 Å². The van der Waals surface area contributed by atoms with Crippen LogP contribution in [0.4, 0.5) is 0 Å². The summed E-state index contributed by atoms with van der Waals surface area (Å²) in [6.07, 6.45) is 0. The number of hydrogen-bond donors (Lipinski definition) is 0. The molecular formula is C46H34. The van der Waals surface area contributed by atoms with Crippen LogP contribution >= 0.6 is 0 Å². The molecule has 0 amide bonds. The van der Waals surface area contributed by atoms with Crippen molar-refractivity contribution in [1.29, 1.82) is 0 Å². The Morgan fingerprint density at radius 1 is 0.413 bits per heavy atom. The minimum Gasteiger partial charge on any atom is -0.0622 e. The second-order valence-electron chi connectivity index (χ2n) is 14.1. The molecular weight excluding hydrogens is 553 g/mol. The summed E-state index contributed by atoms with van der Waals surface area (Å²) in [7, 11) is 0. The van der Waals surface area contributed by atoms with Crippen LogP contribution in [0.25, 0.3) is 76.8 Å². The molecule has 0 heteroatoms. The fourth-order valence-corrected chi connectivity index (χ4v) is 8.77. The summed E-state index contributed by atoms with van der Waals surface area (Å²) < 4.78 is 42.2. The fourth-order valence-electron chi connectivity index (χ4n) is 8.77. The van der Waals surface area contributed by atoms with Gasteiger partial charge in [0.1, 0.15) is 0 Å². The molecule has 0 saturated carbocycles. The van der Waals surface area contributed by atoms with E-state index in [9.17, 15) is 0 Å². The van der Waals surface area contributed by atoms with E-state index in [2.05, 4.69) is 113 Å². The minimum absolute atomic E-state index is 0.0545. The van der Waals surface area contributed by atoms with E-state index in [0.717, 1.165) is 43.4 Å². The Balaban J connectivity index is 1.19. The standard InChI is InChI=1S/C46H34/c1-45(2)39-13-9-8-12-33(39)37-25-38-36-24-30(18-23-40(36)46(3,4)42(38)26-41(37)45)32-20-15-29-16-21-34-31(27-10-6-5-7-11-27)19-14-28-17-22-35(32)44(29)43(28)34/h5-26H,1-4H3/i5D,6D,7D,10D,11D. The highest BCUT2D eigenvalue weighted by molar-refractivity contribution is 6.27. The minimum atomic E-state index is -0.380. The van der Waals surface area contributed by atoms with E-state index in [4.69, 9.17) is 6.85 Å². The first-order valence-electron chi connectivity index (χ1n) is 18.6. The third-order valence-corrected chi connectivity index (χ3v) is 11.1. The summed E-state index contributed by atoms with van der Waals surface area (Å²) in [6, 6.07) is 36.1. The molecule has 0 unspecified atom stereocenters. The number of fused-ring (bicyclic) bond motifs is 6. The van der Waals surface area contributed by atoms with Crippen molar-refractivity contribution in [2.24, 2.45) is 0 Å². The third kappa shape index (κ3) is 3.24. The smallest absolute Gasteiger partial charge is 0.0622 e. The van der Waals surface area contributed by atoms with Crippen LogP contribution in [-0.4, -0.2) is 0 Å². The molecule has 0 aliphatic heterocycles. The zero-order valence-corrected chi connectivity index (χ0v) is 26.3. The first-order chi connectivity index (χ1) is 24.4. The van der Waals surface area contributed by atoms with Gasteiger partial charge in [-0.05, 0) is 111 Å². The summed E-state index contributed by atoms with van der Waals surface area (Å²) in [6.45, 7) is 9.39. The summed E-state index contributed by atoms with van der Waals surface area (Å²) >= 11 is 0.